The standard InChI is InChI=1S/C16H28N2O2.ClH/c1-18(9-2-13-3-10-20-11-4-13)15(19)14-12-16(14)5-7-17-8-6-16;/h13-14,17H,2-12H2,1H3;1H. The van der Waals surface area contributed by atoms with E-state index in [1.165, 1.54) is 25.7 Å². The summed E-state index contributed by atoms with van der Waals surface area (Å²) >= 11 is 0. The SMILES string of the molecule is CN(CCC1CCOCC1)C(=O)C1CC12CCNCC2.Cl. The topological polar surface area (TPSA) is 41.6 Å². The predicted molar refractivity (Wildman–Crippen MR) is 85.7 cm³/mol. The molecule has 3 aliphatic rings. The van der Waals surface area contributed by atoms with E-state index < -0.39 is 0 Å². The van der Waals surface area contributed by atoms with Crippen LogP contribution in [0.4, 0.5) is 0 Å². The van der Waals surface area contributed by atoms with Gasteiger partial charge in [0.05, 0.1) is 0 Å². The molecular formula is C16H29ClN2O2. The second-order valence-corrected chi connectivity index (χ2v) is 6.97. The maximum Gasteiger partial charge on any atom is 0.226 e. The average Bonchev–Trinajstić information content (AvgIpc) is 3.19. The number of rotatable bonds is 4. The first kappa shape index (κ1) is 17.0. The molecule has 1 spiro atoms. The average molecular weight is 317 g/mol. The van der Waals surface area contributed by atoms with Gasteiger partial charge in [0.1, 0.15) is 0 Å². The van der Waals surface area contributed by atoms with Gasteiger partial charge in [-0.2, -0.15) is 0 Å². The van der Waals surface area contributed by atoms with Crippen molar-refractivity contribution in [3.8, 4) is 0 Å². The van der Waals surface area contributed by atoms with Crippen molar-refractivity contribution in [1.82, 2.24) is 10.2 Å². The van der Waals surface area contributed by atoms with E-state index in [1.54, 1.807) is 0 Å². The Morgan fingerprint density at radius 2 is 1.95 bits per heavy atom. The zero-order chi connectivity index (χ0) is 14.0. The highest BCUT2D eigenvalue weighted by Crippen LogP contribution is 2.59. The summed E-state index contributed by atoms with van der Waals surface area (Å²) in [4.78, 5) is 14.5. The number of carbonyl (C=O) groups excluding carboxylic acids is 1. The molecule has 3 fully saturated rings. The number of hydrogen-bond donors (Lipinski definition) is 1. The monoisotopic (exact) mass is 316 g/mol. The van der Waals surface area contributed by atoms with Gasteiger partial charge in [0.2, 0.25) is 5.91 Å². The van der Waals surface area contributed by atoms with Gasteiger partial charge in [-0.05, 0) is 62.9 Å². The normalized spacial score (nSPS) is 28.0. The van der Waals surface area contributed by atoms with Gasteiger partial charge < -0.3 is 15.0 Å². The first-order valence-corrected chi connectivity index (χ1v) is 8.25. The summed E-state index contributed by atoms with van der Waals surface area (Å²) in [6, 6.07) is 0. The molecular weight excluding hydrogens is 288 g/mol. The Balaban J connectivity index is 0.00000161. The number of nitrogens with zero attached hydrogens (tertiary/aromatic N) is 1. The molecule has 1 amide bonds. The lowest BCUT2D eigenvalue weighted by Crippen LogP contribution is -2.35. The summed E-state index contributed by atoms with van der Waals surface area (Å²) in [5.41, 5.74) is 0.370. The minimum absolute atomic E-state index is 0. The quantitative estimate of drug-likeness (QED) is 0.863. The van der Waals surface area contributed by atoms with Crippen LogP contribution in [0, 0.1) is 17.3 Å². The molecule has 5 heteroatoms. The van der Waals surface area contributed by atoms with Crippen molar-refractivity contribution in [3.05, 3.63) is 0 Å². The Morgan fingerprint density at radius 1 is 1.29 bits per heavy atom. The Bertz CT molecular complexity index is 352. The molecule has 1 N–H and O–H groups in total. The molecule has 3 rings (SSSR count). The van der Waals surface area contributed by atoms with Gasteiger partial charge in [0, 0.05) is 32.7 Å². The van der Waals surface area contributed by atoms with E-state index in [-0.39, 0.29) is 12.4 Å². The Hall–Kier alpha value is -0.320. The van der Waals surface area contributed by atoms with Crippen molar-refractivity contribution in [2.24, 2.45) is 17.3 Å². The van der Waals surface area contributed by atoms with Crippen LogP contribution >= 0.6 is 12.4 Å². The molecule has 0 aromatic heterocycles. The fraction of sp³-hybridized carbons (Fsp3) is 0.938. The Labute approximate surface area is 134 Å². The van der Waals surface area contributed by atoms with Crippen molar-refractivity contribution in [1.29, 1.82) is 0 Å². The second-order valence-electron chi connectivity index (χ2n) is 6.97. The predicted octanol–water partition coefficient (Wildman–Crippen LogP) is 2.07. The van der Waals surface area contributed by atoms with Gasteiger partial charge in [-0.3, -0.25) is 4.79 Å². The molecule has 2 saturated heterocycles. The molecule has 0 bridgehead atoms. The van der Waals surface area contributed by atoms with Crippen molar-refractivity contribution in [2.45, 2.75) is 38.5 Å². The molecule has 21 heavy (non-hydrogen) atoms. The summed E-state index contributed by atoms with van der Waals surface area (Å²) in [6.07, 6.45) is 7.00. The highest BCUT2D eigenvalue weighted by molar-refractivity contribution is 5.85. The fourth-order valence-corrected chi connectivity index (χ4v) is 3.96. The first-order valence-electron chi connectivity index (χ1n) is 8.25. The summed E-state index contributed by atoms with van der Waals surface area (Å²) in [5.74, 6) is 1.48. The van der Waals surface area contributed by atoms with Crippen LogP contribution in [0.2, 0.25) is 0 Å². The number of nitrogens with one attached hydrogen (secondary N) is 1. The third-order valence-electron chi connectivity index (χ3n) is 5.68. The molecule has 122 valence electrons. The van der Waals surface area contributed by atoms with Gasteiger partial charge in [-0.15, -0.1) is 12.4 Å². The van der Waals surface area contributed by atoms with Crippen LogP contribution in [-0.4, -0.2) is 50.7 Å². The minimum Gasteiger partial charge on any atom is -0.381 e. The molecule has 1 saturated carbocycles. The first-order chi connectivity index (χ1) is 9.71. The zero-order valence-corrected chi connectivity index (χ0v) is 13.9. The molecule has 2 heterocycles. The molecule has 2 aliphatic heterocycles. The second kappa shape index (κ2) is 7.30. The van der Waals surface area contributed by atoms with E-state index in [2.05, 4.69) is 5.32 Å². The van der Waals surface area contributed by atoms with Crippen LogP contribution in [0.15, 0.2) is 0 Å². The van der Waals surface area contributed by atoms with Gasteiger partial charge in [-0.1, -0.05) is 0 Å². The van der Waals surface area contributed by atoms with Crippen LogP contribution < -0.4 is 5.32 Å². The van der Waals surface area contributed by atoms with Gasteiger partial charge in [0.25, 0.3) is 0 Å². The highest BCUT2D eigenvalue weighted by atomic mass is 35.5. The number of ether oxygens (including phenoxy) is 1. The van der Waals surface area contributed by atoms with Crippen molar-refractivity contribution in [3.63, 3.8) is 0 Å². The van der Waals surface area contributed by atoms with Gasteiger partial charge in [-0.25, -0.2) is 0 Å². The number of hydrogen-bond acceptors (Lipinski definition) is 3. The largest absolute Gasteiger partial charge is 0.381 e. The molecule has 1 atom stereocenters. The summed E-state index contributed by atoms with van der Waals surface area (Å²) in [7, 11) is 1.99. The Kier molecular flexibility index (Phi) is 5.92. The van der Waals surface area contributed by atoms with Crippen LogP contribution in [-0.2, 0) is 9.53 Å². The van der Waals surface area contributed by atoms with E-state index in [9.17, 15) is 4.79 Å². The van der Waals surface area contributed by atoms with E-state index in [4.69, 9.17) is 4.74 Å². The number of halogens is 1. The smallest absolute Gasteiger partial charge is 0.226 e. The zero-order valence-electron chi connectivity index (χ0n) is 13.1. The number of piperidine rings is 1. The summed E-state index contributed by atoms with van der Waals surface area (Å²) < 4.78 is 5.39. The van der Waals surface area contributed by atoms with Crippen LogP contribution in [0.5, 0.6) is 0 Å². The van der Waals surface area contributed by atoms with E-state index >= 15 is 0 Å². The molecule has 0 radical (unpaired) electrons. The minimum atomic E-state index is 0. The lowest BCUT2D eigenvalue weighted by Gasteiger charge is -2.27. The molecule has 0 aromatic carbocycles. The van der Waals surface area contributed by atoms with E-state index in [0.717, 1.165) is 51.6 Å². The third kappa shape index (κ3) is 3.91. The maximum atomic E-state index is 12.5. The maximum absolute atomic E-state index is 12.5. The lowest BCUT2D eigenvalue weighted by molar-refractivity contribution is -0.132. The Morgan fingerprint density at radius 3 is 2.62 bits per heavy atom. The molecule has 1 aliphatic carbocycles. The lowest BCUT2D eigenvalue weighted by atomic mass is 9.91. The van der Waals surface area contributed by atoms with Crippen molar-refractivity contribution >= 4 is 18.3 Å². The molecule has 1 unspecified atom stereocenters. The fourth-order valence-electron chi connectivity index (χ4n) is 3.96. The van der Waals surface area contributed by atoms with Crippen molar-refractivity contribution in [2.75, 3.05) is 39.9 Å². The summed E-state index contributed by atoms with van der Waals surface area (Å²) in [6.45, 7) is 4.92. The molecule has 4 nitrogen and oxygen atoms in total. The van der Waals surface area contributed by atoms with Crippen LogP contribution in [0.25, 0.3) is 0 Å². The van der Waals surface area contributed by atoms with Crippen LogP contribution in [0.3, 0.4) is 0 Å². The van der Waals surface area contributed by atoms with E-state index in [0.29, 0.717) is 17.2 Å². The van der Waals surface area contributed by atoms with Crippen LogP contribution in [0.1, 0.15) is 38.5 Å². The number of carbonyl (C=O) groups is 1. The third-order valence-corrected chi connectivity index (χ3v) is 5.68. The van der Waals surface area contributed by atoms with Gasteiger partial charge in [0.15, 0.2) is 0 Å². The highest BCUT2D eigenvalue weighted by Gasteiger charge is 2.58. The molecule has 0 aromatic rings. The number of amides is 1. The summed E-state index contributed by atoms with van der Waals surface area (Å²) in [5, 5.41) is 3.40. The van der Waals surface area contributed by atoms with Crippen molar-refractivity contribution < 1.29 is 9.53 Å². The van der Waals surface area contributed by atoms with Gasteiger partial charge >= 0.3 is 0 Å². The van der Waals surface area contributed by atoms with E-state index in [1.807, 2.05) is 11.9 Å².